The van der Waals surface area contributed by atoms with Crippen molar-refractivity contribution in [3.8, 4) is 17.0 Å². The van der Waals surface area contributed by atoms with Gasteiger partial charge in [0.05, 0.1) is 35.0 Å². The number of hydrogen-bond donors (Lipinski definition) is 1. The van der Waals surface area contributed by atoms with E-state index in [1.165, 1.54) is 0 Å². The minimum absolute atomic E-state index is 0.0396. The third kappa shape index (κ3) is 4.16. The Balaban J connectivity index is 1.53. The van der Waals surface area contributed by atoms with Gasteiger partial charge in [-0.1, -0.05) is 35.3 Å². The summed E-state index contributed by atoms with van der Waals surface area (Å²) in [5, 5.41) is 3.60. The predicted molar refractivity (Wildman–Crippen MR) is 112 cm³/mol. The number of halogens is 2. The Morgan fingerprint density at radius 3 is 2.83 bits per heavy atom. The summed E-state index contributed by atoms with van der Waals surface area (Å²) in [6.07, 6.45) is 5.00. The lowest BCUT2D eigenvalue weighted by Crippen LogP contribution is -2.16. The van der Waals surface area contributed by atoms with Crippen LogP contribution < -0.4 is 10.1 Å². The first-order chi connectivity index (χ1) is 14.0. The number of aromatic nitrogens is 4. The molecule has 1 amide bonds. The molecule has 29 heavy (non-hydrogen) atoms. The van der Waals surface area contributed by atoms with Gasteiger partial charge in [-0.25, -0.2) is 15.0 Å². The van der Waals surface area contributed by atoms with Crippen molar-refractivity contribution < 1.29 is 9.53 Å². The van der Waals surface area contributed by atoms with Crippen LogP contribution in [0.15, 0.2) is 55.0 Å². The maximum absolute atomic E-state index is 12.5. The highest BCUT2D eigenvalue weighted by Crippen LogP contribution is 2.28. The van der Waals surface area contributed by atoms with E-state index in [-0.39, 0.29) is 18.3 Å². The molecule has 3 aromatic heterocycles. The van der Waals surface area contributed by atoms with Crippen molar-refractivity contribution in [2.45, 2.75) is 6.42 Å². The van der Waals surface area contributed by atoms with Crippen LogP contribution >= 0.6 is 23.2 Å². The van der Waals surface area contributed by atoms with Gasteiger partial charge >= 0.3 is 0 Å². The molecular formula is C20H15Cl2N5O2. The number of nitrogens with one attached hydrogen (secondary N) is 1. The molecule has 0 spiro atoms. The molecule has 0 unspecified atom stereocenters. The van der Waals surface area contributed by atoms with E-state index in [9.17, 15) is 4.79 Å². The number of amides is 1. The first kappa shape index (κ1) is 19.2. The van der Waals surface area contributed by atoms with Gasteiger partial charge in [0.25, 0.3) is 0 Å². The van der Waals surface area contributed by atoms with Crippen LogP contribution in [0, 0.1) is 0 Å². The number of rotatable bonds is 5. The fraction of sp³-hybridized carbons (Fsp3) is 0.100. The Morgan fingerprint density at radius 1 is 1.17 bits per heavy atom. The van der Waals surface area contributed by atoms with Crippen LogP contribution in [0.1, 0.15) is 5.69 Å². The van der Waals surface area contributed by atoms with E-state index < -0.39 is 0 Å². The Bertz CT molecular complexity index is 1210. The van der Waals surface area contributed by atoms with Crippen molar-refractivity contribution in [3.63, 3.8) is 0 Å². The molecule has 0 bridgehead atoms. The van der Waals surface area contributed by atoms with Crippen LogP contribution in [-0.4, -0.2) is 32.4 Å². The Hall–Kier alpha value is -3.16. The van der Waals surface area contributed by atoms with E-state index in [0.717, 1.165) is 5.56 Å². The lowest BCUT2D eigenvalue weighted by molar-refractivity contribution is -0.115. The number of ether oxygens (including phenoxy) is 1. The Labute approximate surface area is 176 Å². The third-order valence-electron chi connectivity index (χ3n) is 4.15. The fourth-order valence-corrected chi connectivity index (χ4v) is 3.45. The number of methoxy groups -OCH3 is 1. The minimum atomic E-state index is -0.298. The van der Waals surface area contributed by atoms with E-state index in [0.29, 0.717) is 32.8 Å². The molecule has 9 heteroatoms. The van der Waals surface area contributed by atoms with Crippen LogP contribution in [0.4, 0.5) is 5.95 Å². The Kier molecular flexibility index (Phi) is 5.33. The molecule has 0 aliphatic heterocycles. The van der Waals surface area contributed by atoms with E-state index in [1.807, 2.05) is 24.3 Å². The van der Waals surface area contributed by atoms with Crippen molar-refractivity contribution in [3.05, 3.63) is 70.7 Å². The summed E-state index contributed by atoms with van der Waals surface area (Å²) >= 11 is 12.1. The number of carbonyl (C=O) groups excluding carboxylic acids is 1. The van der Waals surface area contributed by atoms with Gasteiger partial charge in [-0.05, 0) is 24.3 Å². The molecule has 0 saturated carbocycles. The largest absolute Gasteiger partial charge is 0.496 e. The Morgan fingerprint density at radius 2 is 2.00 bits per heavy atom. The summed E-state index contributed by atoms with van der Waals surface area (Å²) < 4.78 is 7.05. The van der Waals surface area contributed by atoms with Crippen molar-refractivity contribution in [2.24, 2.45) is 0 Å². The third-order valence-corrected chi connectivity index (χ3v) is 4.64. The molecule has 3 heterocycles. The van der Waals surface area contributed by atoms with E-state index in [2.05, 4.69) is 20.3 Å². The normalized spacial score (nSPS) is 10.9. The summed E-state index contributed by atoms with van der Waals surface area (Å²) in [7, 11) is 1.59. The fourth-order valence-electron chi connectivity index (χ4n) is 2.92. The molecule has 0 aliphatic carbocycles. The van der Waals surface area contributed by atoms with Gasteiger partial charge in [0.2, 0.25) is 11.9 Å². The molecular weight excluding hydrogens is 413 g/mol. The van der Waals surface area contributed by atoms with Crippen LogP contribution in [0.3, 0.4) is 0 Å². The SMILES string of the molecule is COc1ccccc1-c1ccnc(NC(=O)Cc2cn3cc(Cl)cc(Cl)c3n2)n1. The molecule has 0 aliphatic rings. The van der Waals surface area contributed by atoms with Crippen molar-refractivity contribution in [1.29, 1.82) is 0 Å². The van der Waals surface area contributed by atoms with Gasteiger partial charge in [-0.2, -0.15) is 0 Å². The smallest absolute Gasteiger partial charge is 0.232 e. The first-order valence-corrected chi connectivity index (χ1v) is 9.38. The topological polar surface area (TPSA) is 81.4 Å². The van der Waals surface area contributed by atoms with Gasteiger partial charge in [0, 0.05) is 24.2 Å². The second-order valence-electron chi connectivity index (χ2n) is 6.16. The summed E-state index contributed by atoms with van der Waals surface area (Å²) in [6.45, 7) is 0. The number of pyridine rings is 1. The second-order valence-corrected chi connectivity index (χ2v) is 7.00. The number of imidazole rings is 1. The molecule has 1 aromatic carbocycles. The summed E-state index contributed by atoms with van der Waals surface area (Å²) in [5.41, 5.74) is 2.53. The number of fused-ring (bicyclic) bond motifs is 1. The van der Waals surface area contributed by atoms with Crippen LogP contribution in [0.2, 0.25) is 10.0 Å². The number of para-hydroxylation sites is 1. The maximum Gasteiger partial charge on any atom is 0.232 e. The molecule has 4 rings (SSSR count). The molecule has 0 radical (unpaired) electrons. The molecule has 7 nitrogen and oxygen atoms in total. The van der Waals surface area contributed by atoms with Crippen LogP contribution in [0.5, 0.6) is 5.75 Å². The lowest BCUT2D eigenvalue weighted by Gasteiger charge is -2.08. The van der Waals surface area contributed by atoms with Crippen molar-refractivity contribution in [2.75, 3.05) is 12.4 Å². The quantitative estimate of drug-likeness (QED) is 0.513. The van der Waals surface area contributed by atoms with Crippen molar-refractivity contribution in [1.82, 2.24) is 19.4 Å². The molecule has 1 N–H and O–H groups in total. The number of nitrogens with zero attached hydrogens (tertiary/aromatic N) is 4. The first-order valence-electron chi connectivity index (χ1n) is 8.62. The monoisotopic (exact) mass is 427 g/mol. The van der Waals surface area contributed by atoms with E-state index in [1.54, 1.807) is 42.2 Å². The predicted octanol–water partition coefficient (Wildman–Crippen LogP) is 4.29. The average molecular weight is 428 g/mol. The standard InChI is InChI=1S/C20H15Cl2N5O2/c1-29-17-5-3-2-4-14(17)16-6-7-23-20(25-16)26-18(28)9-13-11-27-10-12(21)8-15(22)19(27)24-13/h2-8,10-11H,9H2,1H3,(H,23,25,26,28). The number of carbonyl (C=O) groups is 1. The zero-order chi connectivity index (χ0) is 20.4. The average Bonchev–Trinajstić information content (AvgIpc) is 3.10. The van der Waals surface area contributed by atoms with Crippen LogP contribution in [0.25, 0.3) is 16.9 Å². The molecule has 0 atom stereocenters. The van der Waals surface area contributed by atoms with Gasteiger partial charge in [-0.3, -0.25) is 10.1 Å². The van der Waals surface area contributed by atoms with Crippen LogP contribution in [-0.2, 0) is 11.2 Å². The molecule has 0 saturated heterocycles. The minimum Gasteiger partial charge on any atom is -0.496 e. The number of hydrogen-bond acceptors (Lipinski definition) is 5. The van der Waals surface area contributed by atoms with Crippen molar-refractivity contribution >= 4 is 40.7 Å². The zero-order valence-electron chi connectivity index (χ0n) is 15.3. The summed E-state index contributed by atoms with van der Waals surface area (Å²) in [4.78, 5) is 25.4. The highest BCUT2D eigenvalue weighted by atomic mass is 35.5. The van der Waals surface area contributed by atoms with Gasteiger partial charge in [0.15, 0.2) is 5.65 Å². The molecule has 4 aromatic rings. The van der Waals surface area contributed by atoms with Gasteiger partial charge < -0.3 is 9.14 Å². The highest BCUT2D eigenvalue weighted by Gasteiger charge is 2.13. The maximum atomic E-state index is 12.5. The summed E-state index contributed by atoms with van der Waals surface area (Å²) in [6, 6.07) is 10.8. The van der Waals surface area contributed by atoms with E-state index in [4.69, 9.17) is 27.9 Å². The summed E-state index contributed by atoms with van der Waals surface area (Å²) in [5.74, 6) is 0.583. The second kappa shape index (κ2) is 8.06. The zero-order valence-corrected chi connectivity index (χ0v) is 16.8. The lowest BCUT2D eigenvalue weighted by atomic mass is 10.1. The highest BCUT2D eigenvalue weighted by molar-refractivity contribution is 6.36. The van der Waals surface area contributed by atoms with E-state index >= 15 is 0 Å². The number of benzene rings is 1. The number of anilines is 1. The molecule has 0 fully saturated rings. The van der Waals surface area contributed by atoms with Gasteiger partial charge in [0.1, 0.15) is 5.75 Å². The molecule has 146 valence electrons. The van der Waals surface area contributed by atoms with Gasteiger partial charge in [-0.15, -0.1) is 0 Å².